The summed E-state index contributed by atoms with van der Waals surface area (Å²) >= 11 is 6.10. The molecule has 0 aliphatic carbocycles. The van der Waals surface area contributed by atoms with Gasteiger partial charge < -0.3 is 15.0 Å². The fraction of sp³-hybridized carbons (Fsp3) is 0.222. The molecule has 2 N–H and O–H groups in total. The van der Waals surface area contributed by atoms with E-state index in [2.05, 4.69) is 16.4 Å². The van der Waals surface area contributed by atoms with Gasteiger partial charge >= 0.3 is 0 Å². The van der Waals surface area contributed by atoms with Gasteiger partial charge in [0.15, 0.2) is 0 Å². The molecule has 0 aliphatic heterocycles. The van der Waals surface area contributed by atoms with E-state index in [1.54, 1.807) is 18.5 Å². The average Bonchev–Trinajstić information content (AvgIpc) is 2.87. The second-order valence-corrected chi connectivity index (χ2v) is 5.97. The highest BCUT2D eigenvalue weighted by atomic mass is 35.5. The van der Waals surface area contributed by atoms with Crippen LogP contribution in [0.2, 0.25) is 5.02 Å². The molecular formula is C18H17ClN4O. The van der Waals surface area contributed by atoms with Crippen LogP contribution >= 0.6 is 11.6 Å². The number of nitrogens with one attached hydrogen (secondary N) is 1. The highest BCUT2D eigenvalue weighted by Gasteiger charge is 2.17. The van der Waals surface area contributed by atoms with Crippen LogP contribution in [0.5, 0.6) is 0 Å². The minimum atomic E-state index is 0.0929. The van der Waals surface area contributed by atoms with Crippen molar-refractivity contribution in [2.24, 2.45) is 7.05 Å². The van der Waals surface area contributed by atoms with Crippen molar-refractivity contribution in [3.05, 3.63) is 52.8 Å². The molecule has 0 bridgehead atoms. The van der Waals surface area contributed by atoms with Crippen molar-refractivity contribution in [2.75, 3.05) is 13.2 Å². The van der Waals surface area contributed by atoms with E-state index < -0.39 is 0 Å². The summed E-state index contributed by atoms with van der Waals surface area (Å²) in [7, 11) is 1.92. The van der Waals surface area contributed by atoms with Crippen LogP contribution in [0.3, 0.4) is 0 Å². The number of aliphatic hydroxyl groups is 1. The third kappa shape index (κ3) is 3.00. The van der Waals surface area contributed by atoms with Gasteiger partial charge in [-0.2, -0.15) is 5.26 Å². The maximum Gasteiger partial charge on any atom is 0.102 e. The molecule has 0 saturated heterocycles. The van der Waals surface area contributed by atoms with Crippen molar-refractivity contribution in [3.8, 4) is 17.3 Å². The molecule has 3 aromatic rings. The smallest absolute Gasteiger partial charge is 0.102 e. The lowest BCUT2D eigenvalue weighted by Gasteiger charge is -2.08. The molecule has 0 spiro atoms. The zero-order chi connectivity index (χ0) is 17.1. The molecule has 2 heterocycles. The molecule has 0 unspecified atom stereocenters. The Morgan fingerprint density at radius 1 is 1.33 bits per heavy atom. The molecule has 0 fully saturated rings. The Morgan fingerprint density at radius 2 is 2.17 bits per heavy atom. The van der Waals surface area contributed by atoms with Crippen LogP contribution in [-0.4, -0.2) is 27.8 Å². The number of aromatic nitrogens is 2. The van der Waals surface area contributed by atoms with Gasteiger partial charge in [-0.1, -0.05) is 11.6 Å². The number of pyridine rings is 1. The fourth-order valence-electron chi connectivity index (χ4n) is 2.89. The van der Waals surface area contributed by atoms with Crippen LogP contribution in [0, 0.1) is 11.3 Å². The number of nitrogens with zero attached hydrogens (tertiary/aromatic N) is 3. The summed E-state index contributed by atoms with van der Waals surface area (Å²) in [5, 5.41) is 23.1. The number of nitriles is 1. The van der Waals surface area contributed by atoms with Gasteiger partial charge in [0.1, 0.15) is 6.07 Å². The summed E-state index contributed by atoms with van der Waals surface area (Å²) in [6.07, 6.45) is 3.53. The zero-order valence-corrected chi connectivity index (χ0v) is 14.0. The maximum absolute atomic E-state index is 9.65. The Labute approximate surface area is 145 Å². The quantitative estimate of drug-likeness (QED) is 0.700. The van der Waals surface area contributed by atoms with Gasteiger partial charge in [-0.25, -0.2) is 0 Å². The third-order valence-electron chi connectivity index (χ3n) is 3.96. The van der Waals surface area contributed by atoms with Gasteiger partial charge in [0.2, 0.25) is 0 Å². The van der Waals surface area contributed by atoms with E-state index in [1.165, 1.54) is 0 Å². The van der Waals surface area contributed by atoms with E-state index in [1.807, 2.05) is 29.8 Å². The topological polar surface area (TPSA) is 73.9 Å². The minimum absolute atomic E-state index is 0.0929. The van der Waals surface area contributed by atoms with Crippen molar-refractivity contribution in [3.63, 3.8) is 0 Å². The number of hydrogen-bond donors (Lipinski definition) is 2. The van der Waals surface area contributed by atoms with E-state index in [-0.39, 0.29) is 6.61 Å². The summed E-state index contributed by atoms with van der Waals surface area (Å²) < 4.78 is 1.97. The molecule has 0 radical (unpaired) electrons. The first-order valence-electron chi connectivity index (χ1n) is 7.59. The van der Waals surface area contributed by atoms with Crippen molar-refractivity contribution >= 4 is 22.5 Å². The normalized spacial score (nSPS) is 10.9. The maximum atomic E-state index is 9.65. The molecule has 122 valence electrons. The minimum Gasteiger partial charge on any atom is -0.395 e. The molecule has 0 atom stereocenters. The Morgan fingerprint density at radius 3 is 2.92 bits per heavy atom. The van der Waals surface area contributed by atoms with Crippen molar-refractivity contribution in [1.29, 1.82) is 5.26 Å². The molecule has 0 amide bonds. The van der Waals surface area contributed by atoms with E-state index in [0.29, 0.717) is 23.7 Å². The molecule has 6 heteroatoms. The molecule has 0 aliphatic rings. The lowest BCUT2D eigenvalue weighted by Crippen LogP contribution is -2.17. The van der Waals surface area contributed by atoms with Gasteiger partial charge in [0, 0.05) is 48.5 Å². The summed E-state index contributed by atoms with van der Waals surface area (Å²) in [6, 6.07) is 9.85. The van der Waals surface area contributed by atoms with E-state index in [9.17, 15) is 5.26 Å². The van der Waals surface area contributed by atoms with Gasteiger partial charge in [0.25, 0.3) is 0 Å². The van der Waals surface area contributed by atoms with Gasteiger partial charge in [-0.3, -0.25) is 4.98 Å². The molecule has 3 rings (SSSR count). The molecular weight excluding hydrogens is 324 g/mol. The zero-order valence-electron chi connectivity index (χ0n) is 13.3. The SMILES string of the molecule is Cn1c(-c2cncc(CNCCO)c2)c(C#N)c2ccc(Cl)cc21. The first kappa shape index (κ1) is 16.5. The number of aliphatic hydroxyl groups excluding tert-OH is 1. The van der Waals surface area contributed by atoms with Gasteiger partial charge in [0.05, 0.1) is 23.4 Å². The van der Waals surface area contributed by atoms with Crippen molar-refractivity contribution < 1.29 is 5.11 Å². The number of rotatable bonds is 5. The molecule has 1 aromatic carbocycles. The van der Waals surface area contributed by atoms with Gasteiger partial charge in [-0.05, 0) is 29.8 Å². The number of aryl methyl sites for hydroxylation is 1. The van der Waals surface area contributed by atoms with E-state index in [0.717, 1.165) is 27.7 Å². The number of benzene rings is 1. The third-order valence-corrected chi connectivity index (χ3v) is 4.20. The lowest BCUT2D eigenvalue weighted by atomic mass is 10.1. The molecule has 5 nitrogen and oxygen atoms in total. The standard InChI is InChI=1S/C18H17ClN4O/c1-23-17-7-14(19)2-3-15(17)16(8-20)18(23)13-6-12(10-22-11-13)9-21-4-5-24/h2-3,6-7,10-11,21,24H,4-5,9H2,1H3. The average molecular weight is 341 g/mol. The van der Waals surface area contributed by atoms with E-state index >= 15 is 0 Å². The predicted molar refractivity (Wildman–Crippen MR) is 94.7 cm³/mol. The second-order valence-electron chi connectivity index (χ2n) is 5.54. The van der Waals surface area contributed by atoms with Crippen LogP contribution in [0.1, 0.15) is 11.1 Å². The van der Waals surface area contributed by atoms with Crippen LogP contribution in [0.25, 0.3) is 22.2 Å². The number of halogens is 1. The van der Waals surface area contributed by atoms with Crippen molar-refractivity contribution in [2.45, 2.75) is 6.54 Å². The summed E-state index contributed by atoms with van der Waals surface area (Å²) in [5.74, 6) is 0. The second kappa shape index (κ2) is 7.02. The molecule has 2 aromatic heterocycles. The van der Waals surface area contributed by atoms with Crippen LogP contribution < -0.4 is 5.32 Å². The van der Waals surface area contributed by atoms with E-state index in [4.69, 9.17) is 16.7 Å². The molecule has 24 heavy (non-hydrogen) atoms. The number of hydrogen-bond acceptors (Lipinski definition) is 4. The first-order valence-corrected chi connectivity index (χ1v) is 7.97. The molecule has 0 saturated carbocycles. The van der Waals surface area contributed by atoms with Crippen LogP contribution in [-0.2, 0) is 13.6 Å². The largest absolute Gasteiger partial charge is 0.395 e. The highest BCUT2D eigenvalue weighted by molar-refractivity contribution is 6.31. The van der Waals surface area contributed by atoms with Crippen LogP contribution in [0.15, 0.2) is 36.7 Å². The summed E-state index contributed by atoms with van der Waals surface area (Å²) in [5.41, 5.74) is 4.23. The lowest BCUT2D eigenvalue weighted by molar-refractivity contribution is 0.292. The Bertz CT molecular complexity index is 927. The van der Waals surface area contributed by atoms with Crippen molar-refractivity contribution in [1.82, 2.24) is 14.9 Å². The summed E-state index contributed by atoms with van der Waals surface area (Å²) in [6.45, 7) is 1.23. The monoisotopic (exact) mass is 340 g/mol. The highest BCUT2D eigenvalue weighted by Crippen LogP contribution is 2.33. The fourth-order valence-corrected chi connectivity index (χ4v) is 3.05. The van der Waals surface area contributed by atoms with Gasteiger partial charge in [-0.15, -0.1) is 0 Å². The Balaban J connectivity index is 2.11. The van der Waals surface area contributed by atoms with Crippen LogP contribution in [0.4, 0.5) is 0 Å². The Kier molecular flexibility index (Phi) is 4.81. The summed E-state index contributed by atoms with van der Waals surface area (Å²) in [4.78, 5) is 4.29. The Hall–Kier alpha value is -2.39. The first-order chi connectivity index (χ1) is 11.7. The predicted octanol–water partition coefficient (Wildman–Crippen LogP) is 2.85. The number of fused-ring (bicyclic) bond motifs is 1.